The van der Waals surface area contributed by atoms with Crippen molar-refractivity contribution in [3.8, 4) is 17.2 Å². The van der Waals surface area contributed by atoms with Crippen molar-refractivity contribution in [2.75, 3.05) is 6.61 Å². The maximum Gasteiger partial charge on any atom is 0.299 e. The Labute approximate surface area is 175 Å². The van der Waals surface area contributed by atoms with E-state index in [-0.39, 0.29) is 5.78 Å². The van der Waals surface area contributed by atoms with E-state index in [1.54, 1.807) is 6.08 Å². The molecular formula is C26H22O4. The molecule has 3 aromatic carbocycles. The van der Waals surface area contributed by atoms with E-state index in [0.717, 1.165) is 35.1 Å². The lowest BCUT2D eigenvalue weighted by atomic mass is 9.89. The Bertz CT molecular complexity index is 1150. The van der Waals surface area contributed by atoms with Crippen LogP contribution in [0.3, 0.4) is 0 Å². The summed E-state index contributed by atoms with van der Waals surface area (Å²) in [7, 11) is 0. The van der Waals surface area contributed by atoms with Crippen LogP contribution in [0.15, 0.2) is 78.9 Å². The molecule has 4 nitrogen and oxygen atoms in total. The van der Waals surface area contributed by atoms with Gasteiger partial charge in [0.15, 0.2) is 5.78 Å². The van der Waals surface area contributed by atoms with Gasteiger partial charge in [0.05, 0.1) is 23.1 Å². The number of benzene rings is 3. The minimum Gasteiger partial charge on any atom is -0.492 e. The first kappa shape index (κ1) is 18.5. The fourth-order valence-corrected chi connectivity index (χ4v) is 4.04. The van der Waals surface area contributed by atoms with Crippen molar-refractivity contribution >= 4 is 16.6 Å². The number of carbonyl (C=O) groups excluding carboxylic acids is 1. The molecule has 0 N–H and O–H groups in total. The lowest BCUT2D eigenvalue weighted by Gasteiger charge is -2.39. The van der Waals surface area contributed by atoms with Crippen LogP contribution in [0.5, 0.6) is 17.2 Å². The largest absolute Gasteiger partial charge is 0.492 e. The van der Waals surface area contributed by atoms with Gasteiger partial charge in [-0.2, -0.15) is 0 Å². The molecule has 1 aliphatic carbocycles. The van der Waals surface area contributed by atoms with Crippen molar-refractivity contribution in [3.05, 3.63) is 90.0 Å². The number of fused-ring (bicyclic) bond motifs is 2. The molecule has 1 spiro atoms. The van der Waals surface area contributed by atoms with Gasteiger partial charge in [0.1, 0.15) is 17.2 Å². The maximum absolute atomic E-state index is 12.8. The molecule has 0 radical (unpaired) electrons. The molecule has 0 saturated carbocycles. The average molecular weight is 398 g/mol. The summed E-state index contributed by atoms with van der Waals surface area (Å²) in [6, 6.07) is 17.4. The van der Waals surface area contributed by atoms with Gasteiger partial charge in [0.2, 0.25) is 0 Å². The van der Waals surface area contributed by atoms with Crippen LogP contribution >= 0.6 is 0 Å². The van der Waals surface area contributed by atoms with E-state index < -0.39 is 5.79 Å². The lowest BCUT2D eigenvalue weighted by Crippen LogP contribution is -2.42. The molecule has 0 saturated heterocycles. The summed E-state index contributed by atoms with van der Waals surface area (Å²) in [6.07, 6.45) is 9.18. The van der Waals surface area contributed by atoms with E-state index >= 15 is 0 Å². The van der Waals surface area contributed by atoms with Gasteiger partial charge in [-0.15, -0.1) is 0 Å². The predicted octanol–water partition coefficient (Wildman–Crippen LogP) is 5.95. The molecule has 3 aromatic rings. The molecule has 5 rings (SSSR count). The minimum absolute atomic E-state index is 0.111. The smallest absolute Gasteiger partial charge is 0.299 e. The third kappa shape index (κ3) is 2.96. The molecular weight excluding hydrogens is 376 g/mol. The highest BCUT2D eigenvalue weighted by Gasteiger charge is 2.45. The highest BCUT2D eigenvalue weighted by Crippen LogP contribution is 2.48. The summed E-state index contributed by atoms with van der Waals surface area (Å²) in [5.74, 6) is 0.702. The first-order valence-corrected chi connectivity index (χ1v) is 10.3. The van der Waals surface area contributed by atoms with Gasteiger partial charge in [-0.3, -0.25) is 4.79 Å². The Morgan fingerprint density at radius 2 is 1.70 bits per heavy atom. The summed E-state index contributed by atoms with van der Waals surface area (Å²) in [5, 5.41) is 1.99. The number of hydrogen-bond acceptors (Lipinski definition) is 4. The van der Waals surface area contributed by atoms with Crippen molar-refractivity contribution in [2.45, 2.75) is 25.6 Å². The van der Waals surface area contributed by atoms with Crippen LogP contribution in [0.25, 0.3) is 10.8 Å². The summed E-state index contributed by atoms with van der Waals surface area (Å²) in [4.78, 5) is 12.8. The Morgan fingerprint density at radius 1 is 0.967 bits per heavy atom. The monoisotopic (exact) mass is 398 g/mol. The second-order valence-corrected chi connectivity index (χ2v) is 7.38. The summed E-state index contributed by atoms with van der Waals surface area (Å²) >= 11 is 0. The van der Waals surface area contributed by atoms with Crippen molar-refractivity contribution in [2.24, 2.45) is 0 Å². The van der Waals surface area contributed by atoms with E-state index in [4.69, 9.17) is 14.2 Å². The molecule has 2 aliphatic rings. The van der Waals surface area contributed by atoms with Crippen LogP contribution in [0.2, 0.25) is 0 Å². The lowest BCUT2D eigenvalue weighted by molar-refractivity contribution is -0.0840. The summed E-state index contributed by atoms with van der Waals surface area (Å²) in [5.41, 5.74) is 1.15. The van der Waals surface area contributed by atoms with E-state index in [1.807, 2.05) is 54.6 Å². The quantitative estimate of drug-likeness (QED) is 0.393. The molecule has 1 heterocycles. The van der Waals surface area contributed by atoms with Crippen LogP contribution in [-0.4, -0.2) is 12.4 Å². The molecule has 30 heavy (non-hydrogen) atoms. The van der Waals surface area contributed by atoms with Crippen LogP contribution in [0.1, 0.15) is 35.7 Å². The van der Waals surface area contributed by atoms with Crippen molar-refractivity contribution < 1.29 is 19.0 Å². The summed E-state index contributed by atoms with van der Waals surface area (Å²) < 4.78 is 18.7. The van der Waals surface area contributed by atoms with Crippen LogP contribution in [0.4, 0.5) is 0 Å². The number of hydrogen-bond donors (Lipinski definition) is 0. The minimum atomic E-state index is -1.20. The fraction of sp³-hybridized carbons (Fsp3) is 0.192. The zero-order chi connectivity index (χ0) is 20.6. The van der Waals surface area contributed by atoms with Crippen molar-refractivity contribution in [3.63, 3.8) is 0 Å². The van der Waals surface area contributed by atoms with Gasteiger partial charge in [-0.25, -0.2) is 0 Å². The van der Waals surface area contributed by atoms with Gasteiger partial charge in [0, 0.05) is 6.08 Å². The molecule has 1 aliphatic heterocycles. The fourth-order valence-electron chi connectivity index (χ4n) is 4.04. The molecule has 150 valence electrons. The van der Waals surface area contributed by atoms with Crippen LogP contribution in [-0.2, 0) is 5.79 Å². The van der Waals surface area contributed by atoms with Crippen LogP contribution in [0, 0.1) is 0 Å². The molecule has 0 amide bonds. The Morgan fingerprint density at radius 3 is 2.43 bits per heavy atom. The second-order valence-electron chi connectivity index (χ2n) is 7.38. The molecule has 0 unspecified atom stereocenters. The topological polar surface area (TPSA) is 44.8 Å². The first-order chi connectivity index (χ1) is 14.7. The van der Waals surface area contributed by atoms with Gasteiger partial charge >= 0.3 is 0 Å². The molecule has 0 atom stereocenters. The highest BCUT2D eigenvalue weighted by atomic mass is 16.7. The van der Waals surface area contributed by atoms with Crippen molar-refractivity contribution in [1.82, 2.24) is 0 Å². The van der Waals surface area contributed by atoms with E-state index in [9.17, 15) is 4.79 Å². The zero-order valence-electron chi connectivity index (χ0n) is 16.8. The third-order valence-corrected chi connectivity index (χ3v) is 5.40. The van der Waals surface area contributed by atoms with Gasteiger partial charge < -0.3 is 14.2 Å². The van der Waals surface area contributed by atoms with Gasteiger partial charge in [-0.05, 0) is 48.6 Å². The number of ketones is 1. The Hall–Kier alpha value is -3.53. The van der Waals surface area contributed by atoms with E-state index in [0.29, 0.717) is 23.5 Å². The first-order valence-electron chi connectivity index (χ1n) is 10.3. The average Bonchev–Trinajstić information content (AvgIpc) is 2.77. The third-order valence-electron chi connectivity index (χ3n) is 5.40. The molecule has 0 aromatic heterocycles. The van der Waals surface area contributed by atoms with Gasteiger partial charge in [-0.1, -0.05) is 49.4 Å². The van der Waals surface area contributed by atoms with Crippen molar-refractivity contribution in [1.29, 1.82) is 0 Å². The SMILES string of the molecule is CC/C=C/CCOc1cccc2c1C(=O)C=CC21Oc2cccc3cccc(c23)O1. The van der Waals surface area contributed by atoms with Crippen LogP contribution < -0.4 is 14.2 Å². The number of ether oxygens (including phenoxy) is 3. The highest BCUT2D eigenvalue weighted by molar-refractivity contribution is 6.09. The zero-order valence-corrected chi connectivity index (χ0v) is 16.8. The predicted molar refractivity (Wildman–Crippen MR) is 116 cm³/mol. The second kappa shape index (κ2) is 7.38. The molecule has 0 fully saturated rings. The number of carbonyl (C=O) groups is 1. The molecule has 4 heteroatoms. The van der Waals surface area contributed by atoms with E-state index in [1.165, 1.54) is 6.08 Å². The standard InChI is InChI=1S/C26H22O4/c1-2-3-4-5-17-28-21-12-8-11-19-25(21)20(27)15-16-26(19)29-22-13-6-9-18-10-7-14-23(30-26)24(18)22/h3-4,6-16H,2,5,17H2,1H3/b4-3+. The van der Waals surface area contributed by atoms with E-state index in [2.05, 4.69) is 19.1 Å². The van der Waals surface area contributed by atoms with Gasteiger partial charge in [0.25, 0.3) is 5.79 Å². The summed E-state index contributed by atoms with van der Waals surface area (Å²) in [6.45, 7) is 2.60. The number of rotatable bonds is 5. The number of allylic oxidation sites excluding steroid dienone is 2. The normalized spacial score (nSPS) is 15.8. The molecule has 0 bridgehead atoms. The Balaban J connectivity index is 1.55. The maximum atomic E-state index is 12.8. The Kier molecular flexibility index (Phi) is 4.55.